The molecular formula is C19H27FN2O2. The Morgan fingerprint density at radius 1 is 1.12 bits per heavy atom. The third-order valence-electron chi connectivity index (χ3n) is 5.93. The number of hydrogen-bond acceptors (Lipinski definition) is 3. The summed E-state index contributed by atoms with van der Waals surface area (Å²) in [4.78, 5) is 12.8. The molecule has 0 radical (unpaired) electrons. The van der Waals surface area contributed by atoms with E-state index in [4.69, 9.17) is 10.5 Å². The molecule has 3 N–H and O–H groups in total. The number of amides is 1. The van der Waals surface area contributed by atoms with Crippen LogP contribution >= 0.6 is 0 Å². The number of carbonyl (C=O) groups excluding carboxylic acids is 1. The molecule has 5 heteroatoms. The third-order valence-corrected chi connectivity index (χ3v) is 5.93. The topological polar surface area (TPSA) is 64.4 Å². The SMILES string of the molecule is NCC1(C(=O)NCC2(c3ccc(F)cc3)CCCC2)CCOCC1. The molecule has 0 aromatic heterocycles. The number of benzene rings is 1. The Bertz CT molecular complexity index is 561. The Labute approximate surface area is 142 Å². The zero-order valence-electron chi connectivity index (χ0n) is 14.2. The van der Waals surface area contributed by atoms with Gasteiger partial charge in [-0.2, -0.15) is 0 Å². The fourth-order valence-corrected chi connectivity index (χ4v) is 4.15. The summed E-state index contributed by atoms with van der Waals surface area (Å²) in [7, 11) is 0. The van der Waals surface area contributed by atoms with Crippen LogP contribution in [0.2, 0.25) is 0 Å². The van der Waals surface area contributed by atoms with E-state index in [1.165, 1.54) is 12.1 Å². The summed E-state index contributed by atoms with van der Waals surface area (Å²) < 4.78 is 18.6. The van der Waals surface area contributed by atoms with Crippen LogP contribution in [0.25, 0.3) is 0 Å². The summed E-state index contributed by atoms with van der Waals surface area (Å²) in [5, 5.41) is 3.17. The predicted molar refractivity (Wildman–Crippen MR) is 91.1 cm³/mol. The minimum atomic E-state index is -0.499. The van der Waals surface area contributed by atoms with Crippen molar-refractivity contribution in [3.05, 3.63) is 35.6 Å². The molecule has 1 saturated carbocycles. The van der Waals surface area contributed by atoms with E-state index < -0.39 is 5.41 Å². The Kier molecular flexibility index (Phi) is 5.21. The van der Waals surface area contributed by atoms with Gasteiger partial charge in [-0.15, -0.1) is 0 Å². The molecule has 0 unspecified atom stereocenters. The lowest BCUT2D eigenvalue weighted by molar-refractivity contribution is -0.136. The molecule has 1 amide bonds. The van der Waals surface area contributed by atoms with Crippen molar-refractivity contribution in [2.45, 2.75) is 43.9 Å². The summed E-state index contributed by atoms with van der Waals surface area (Å²) >= 11 is 0. The smallest absolute Gasteiger partial charge is 0.227 e. The normalized spacial score (nSPS) is 22.2. The number of nitrogens with one attached hydrogen (secondary N) is 1. The van der Waals surface area contributed by atoms with E-state index in [-0.39, 0.29) is 17.1 Å². The summed E-state index contributed by atoms with van der Waals surface area (Å²) in [6.07, 6.45) is 5.69. The highest BCUT2D eigenvalue weighted by Crippen LogP contribution is 2.41. The second-order valence-corrected chi connectivity index (χ2v) is 7.27. The highest BCUT2D eigenvalue weighted by atomic mass is 19.1. The van der Waals surface area contributed by atoms with Gasteiger partial charge in [0.25, 0.3) is 0 Å². The first-order valence-corrected chi connectivity index (χ1v) is 8.92. The number of ether oxygens (including phenoxy) is 1. The van der Waals surface area contributed by atoms with E-state index in [9.17, 15) is 9.18 Å². The summed E-state index contributed by atoms with van der Waals surface area (Å²) in [5.74, 6) is -0.179. The maximum absolute atomic E-state index is 13.3. The lowest BCUT2D eigenvalue weighted by Gasteiger charge is -2.37. The molecule has 2 aliphatic rings. The maximum Gasteiger partial charge on any atom is 0.227 e. The van der Waals surface area contributed by atoms with Crippen molar-refractivity contribution in [3.63, 3.8) is 0 Å². The average molecular weight is 334 g/mol. The average Bonchev–Trinajstić information content (AvgIpc) is 3.11. The van der Waals surface area contributed by atoms with E-state index in [0.29, 0.717) is 39.1 Å². The van der Waals surface area contributed by atoms with E-state index in [1.807, 2.05) is 12.1 Å². The van der Waals surface area contributed by atoms with Crippen LogP contribution in [-0.2, 0) is 14.9 Å². The largest absolute Gasteiger partial charge is 0.381 e. The molecule has 1 aliphatic carbocycles. The van der Waals surface area contributed by atoms with Gasteiger partial charge in [0.1, 0.15) is 5.82 Å². The van der Waals surface area contributed by atoms with Crippen LogP contribution in [0, 0.1) is 11.2 Å². The van der Waals surface area contributed by atoms with Crippen LogP contribution in [-0.4, -0.2) is 32.2 Å². The highest BCUT2D eigenvalue weighted by Gasteiger charge is 2.41. The Morgan fingerprint density at radius 2 is 1.75 bits per heavy atom. The van der Waals surface area contributed by atoms with Crippen molar-refractivity contribution < 1.29 is 13.9 Å². The van der Waals surface area contributed by atoms with E-state index >= 15 is 0 Å². The minimum Gasteiger partial charge on any atom is -0.381 e. The third kappa shape index (κ3) is 3.33. The summed E-state index contributed by atoms with van der Waals surface area (Å²) in [6.45, 7) is 2.13. The minimum absolute atomic E-state index is 0.0432. The first-order valence-electron chi connectivity index (χ1n) is 8.92. The van der Waals surface area contributed by atoms with Gasteiger partial charge in [-0.1, -0.05) is 25.0 Å². The van der Waals surface area contributed by atoms with E-state index in [2.05, 4.69) is 5.32 Å². The number of rotatable bonds is 5. The van der Waals surface area contributed by atoms with E-state index in [0.717, 1.165) is 31.2 Å². The second-order valence-electron chi connectivity index (χ2n) is 7.27. The molecule has 1 aliphatic heterocycles. The molecule has 1 aromatic rings. The first kappa shape index (κ1) is 17.4. The zero-order chi connectivity index (χ0) is 17.0. The highest BCUT2D eigenvalue weighted by molar-refractivity contribution is 5.83. The first-order chi connectivity index (χ1) is 11.6. The molecule has 3 rings (SSSR count). The molecule has 1 aromatic carbocycles. The molecule has 1 heterocycles. The van der Waals surface area contributed by atoms with Crippen LogP contribution in [0.5, 0.6) is 0 Å². The Hall–Kier alpha value is -1.46. The van der Waals surface area contributed by atoms with Gasteiger partial charge in [0.15, 0.2) is 0 Å². The van der Waals surface area contributed by atoms with Crippen LogP contribution in [0.4, 0.5) is 4.39 Å². The van der Waals surface area contributed by atoms with Crippen LogP contribution in [0.1, 0.15) is 44.1 Å². The molecule has 132 valence electrons. The zero-order valence-corrected chi connectivity index (χ0v) is 14.2. The van der Waals surface area contributed by atoms with Crippen molar-refractivity contribution in [2.24, 2.45) is 11.1 Å². The number of carbonyl (C=O) groups is 1. The summed E-state index contributed by atoms with van der Waals surface area (Å²) in [6, 6.07) is 6.74. The van der Waals surface area contributed by atoms with Gasteiger partial charge in [0.2, 0.25) is 5.91 Å². The van der Waals surface area contributed by atoms with Gasteiger partial charge in [-0.3, -0.25) is 4.79 Å². The monoisotopic (exact) mass is 334 g/mol. The quantitative estimate of drug-likeness (QED) is 0.870. The molecule has 2 fully saturated rings. The molecular weight excluding hydrogens is 307 g/mol. The Morgan fingerprint density at radius 3 is 2.33 bits per heavy atom. The molecule has 24 heavy (non-hydrogen) atoms. The van der Waals surface area contributed by atoms with Gasteiger partial charge >= 0.3 is 0 Å². The molecule has 0 bridgehead atoms. The van der Waals surface area contributed by atoms with Crippen molar-refractivity contribution in [2.75, 3.05) is 26.3 Å². The predicted octanol–water partition coefficient (Wildman–Crippen LogP) is 2.51. The number of hydrogen-bond donors (Lipinski definition) is 2. The Balaban J connectivity index is 1.72. The fourth-order valence-electron chi connectivity index (χ4n) is 4.15. The molecule has 0 spiro atoms. The lowest BCUT2D eigenvalue weighted by atomic mass is 9.76. The van der Waals surface area contributed by atoms with Gasteiger partial charge in [-0.05, 0) is 43.4 Å². The fraction of sp³-hybridized carbons (Fsp3) is 0.632. The van der Waals surface area contributed by atoms with Crippen LogP contribution in [0.3, 0.4) is 0 Å². The van der Waals surface area contributed by atoms with Gasteiger partial charge < -0.3 is 15.8 Å². The molecule has 1 saturated heterocycles. The second kappa shape index (κ2) is 7.19. The number of halogens is 1. The summed E-state index contributed by atoms with van der Waals surface area (Å²) in [5.41, 5.74) is 6.47. The molecule has 4 nitrogen and oxygen atoms in total. The maximum atomic E-state index is 13.3. The van der Waals surface area contributed by atoms with Crippen molar-refractivity contribution >= 4 is 5.91 Å². The van der Waals surface area contributed by atoms with Gasteiger partial charge in [-0.25, -0.2) is 4.39 Å². The van der Waals surface area contributed by atoms with E-state index in [1.54, 1.807) is 0 Å². The van der Waals surface area contributed by atoms with Crippen molar-refractivity contribution in [3.8, 4) is 0 Å². The van der Waals surface area contributed by atoms with Gasteiger partial charge in [0, 0.05) is 31.7 Å². The standard InChI is InChI=1S/C19H27FN2O2/c20-16-5-3-15(4-6-16)19(7-1-2-8-19)14-22-17(23)18(13-21)9-11-24-12-10-18/h3-6H,1-2,7-14,21H2,(H,22,23). The van der Waals surface area contributed by atoms with Crippen LogP contribution in [0.15, 0.2) is 24.3 Å². The van der Waals surface area contributed by atoms with Gasteiger partial charge in [0.05, 0.1) is 5.41 Å². The van der Waals surface area contributed by atoms with Crippen LogP contribution < -0.4 is 11.1 Å². The molecule has 0 atom stereocenters. The number of nitrogens with two attached hydrogens (primary N) is 1. The lowest BCUT2D eigenvalue weighted by Crippen LogP contribution is -2.51. The van der Waals surface area contributed by atoms with Crippen molar-refractivity contribution in [1.29, 1.82) is 0 Å². The van der Waals surface area contributed by atoms with Crippen molar-refractivity contribution in [1.82, 2.24) is 5.32 Å².